The van der Waals surface area contributed by atoms with Gasteiger partial charge in [0.2, 0.25) is 0 Å². The Bertz CT molecular complexity index is 1890. The Kier molecular flexibility index (Phi) is 8.06. The first kappa shape index (κ1) is 28.7. The number of fused-ring (bicyclic) bond motifs is 1. The third-order valence-corrected chi connectivity index (χ3v) is 9.45. The summed E-state index contributed by atoms with van der Waals surface area (Å²) in [6.45, 7) is 5.16. The number of likely N-dealkylation sites (N-methyl/N-ethyl adjacent to an activating group) is 1. The largest absolute Gasteiger partial charge is 0.463 e. The highest BCUT2D eigenvalue weighted by Gasteiger charge is 2.35. The van der Waals surface area contributed by atoms with Crippen molar-refractivity contribution in [2.24, 2.45) is 4.99 Å². The van der Waals surface area contributed by atoms with Gasteiger partial charge < -0.3 is 14.5 Å². The number of thiophene rings is 1. The molecule has 2 aromatic heterocycles. The number of rotatable bonds is 7. The lowest BCUT2D eigenvalue weighted by Gasteiger charge is -2.34. The van der Waals surface area contributed by atoms with E-state index in [0.717, 1.165) is 42.3 Å². The molecule has 12 heteroatoms. The number of esters is 1. The molecule has 2 aliphatic rings. The van der Waals surface area contributed by atoms with Gasteiger partial charge in [-0.2, -0.15) is 0 Å². The predicted octanol–water partition coefficient (Wildman–Crippen LogP) is 3.66. The van der Waals surface area contributed by atoms with E-state index in [9.17, 15) is 19.7 Å². The van der Waals surface area contributed by atoms with Crippen LogP contribution in [-0.4, -0.2) is 60.2 Å². The van der Waals surface area contributed by atoms with E-state index in [1.54, 1.807) is 23.6 Å². The van der Waals surface area contributed by atoms with Crippen molar-refractivity contribution >= 4 is 51.8 Å². The summed E-state index contributed by atoms with van der Waals surface area (Å²) in [7, 11) is 2.06. The van der Waals surface area contributed by atoms with Crippen LogP contribution in [0.15, 0.2) is 81.4 Å². The molecule has 0 unspecified atom stereocenters. The molecule has 0 bridgehead atoms. The van der Waals surface area contributed by atoms with Gasteiger partial charge in [-0.15, -0.1) is 11.3 Å². The van der Waals surface area contributed by atoms with Crippen LogP contribution in [0.4, 0.5) is 11.4 Å². The summed E-state index contributed by atoms with van der Waals surface area (Å²) in [4.78, 5) is 49.5. The first-order valence-electron chi connectivity index (χ1n) is 13.9. The lowest BCUT2D eigenvalue weighted by Crippen LogP contribution is -2.44. The number of non-ortho nitro benzene ring substituents is 1. The van der Waals surface area contributed by atoms with Gasteiger partial charge in [-0.25, -0.2) is 9.79 Å². The molecule has 0 aliphatic carbocycles. The summed E-state index contributed by atoms with van der Waals surface area (Å²) in [5.41, 5.74) is 2.53. The molecule has 2 aromatic carbocycles. The third kappa shape index (κ3) is 5.56. The minimum Gasteiger partial charge on any atom is -0.463 e. The van der Waals surface area contributed by atoms with Crippen molar-refractivity contribution in [1.29, 1.82) is 0 Å². The van der Waals surface area contributed by atoms with E-state index in [0.29, 0.717) is 26.2 Å². The molecule has 4 heterocycles. The third-order valence-electron chi connectivity index (χ3n) is 7.54. The zero-order chi connectivity index (χ0) is 30.1. The van der Waals surface area contributed by atoms with Crippen molar-refractivity contribution in [3.63, 3.8) is 0 Å². The highest BCUT2D eigenvalue weighted by molar-refractivity contribution is 7.10. The van der Waals surface area contributed by atoms with Gasteiger partial charge in [0, 0.05) is 60.0 Å². The maximum Gasteiger partial charge on any atom is 0.338 e. The Morgan fingerprint density at radius 3 is 2.56 bits per heavy atom. The van der Waals surface area contributed by atoms with E-state index in [2.05, 4.69) is 16.8 Å². The number of ether oxygens (including phenoxy) is 1. The number of aromatic nitrogens is 1. The number of carbonyl (C=O) groups is 1. The summed E-state index contributed by atoms with van der Waals surface area (Å²) in [5.74, 6) is -0.534. The van der Waals surface area contributed by atoms with Gasteiger partial charge in [-0.3, -0.25) is 19.5 Å². The van der Waals surface area contributed by atoms with E-state index in [1.807, 2.05) is 47.8 Å². The maximum absolute atomic E-state index is 14.2. The molecule has 43 heavy (non-hydrogen) atoms. The monoisotopic (exact) mass is 615 g/mol. The number of carbonyl (C=O) groups excluding carboxylic acids is 1. The second-order valence-electron chi connectivity index (χ2n) is 10.2. The first-order valence-corrected chi connectivity index (χ1v) is 15.6. The average molecular weight is 616 g/mol. The summed E-state index contributed by atoms with van der Waals surface area (Å²) in [6.07, 6.45) is 1.71. The Balaban J connectivity index is 1.58. The molecule has 220 valence electrons. The molecule has 0 saturated carbocycles. The molecule has 2 aliphatic heterocycles. The fourth-order valence-electron chi connectivity index (χ4n) is 5.40. The standard InChI is InChI=1S/C31H29N5O5S2/c1-3-41-30(38)26-27(20-8-5-4-6-9-20)32-31-35(28(26)24-10-7-17-42-24)29(37)25(43-31)19-21-18-22(36(39)40)11-12-23(21)34-15-13-33(2)14-16-34/h4-12,17-19,28H,3,13-16H2,1-2H3/t28-/m1/s1. The van der Waals surface area contributed by atoms with Gasteiger partial charge in [-0.05, 0) is 37.6 Å². The fraction of sp³-hybridized carbons (Fsp3) is 0.258. The number of piperazine rings is 1. The molecule has 0 N–H and O–H groups in total. The number of anilines is 1. The van der Waals surface area contributed by atoms with Crippen molar-refractivity contribution in [3.8, 4) is 0 Å². The normalized spacial score (nSPS) is 17.5. The van der Waals surface area contributed by atoms with Crippen LogP contribution in [0.2, 0.25) is 0 Å². The number of nitro benzene ring substituents is 1. The molecule has 0 spiro atoms. The van der Waals surface area contributed by atoms with E-state index in [4.69, 9.17) is 9.73 Å². The van der Waals surface area contributed by atoms with Crippen LogP contribution in [-0.2, 0) is 9.53 Å². The minimum atomic E-state index is -0.741. The second kappa shape index (κ2) is 12.1. The number of hydrogen-bond donors (Lipinski definition) is 0. The number of nitro groups is 1. The van der Waals surface area contributed by atoms with Gasteiger partial charge in [0.15, 0.2) is 4.80 Å². The smallest absolute Gasteiger partial charge is 0.338 e. The molecule has 1 fully saturated rings. The van der Waals surface area contributed by atoms with Crippen molar-refractivity contribution in [1.82, 2.24) is 9.47 Å². The molecule has 0 radical (unpaired) electrons. The minimum absolute atomic E-state index is 0.0515. The lowest BCUT2D eigenvalue weighted by molar-refractivity contribution is -0.384. The molecule has 6 rings (SSSR count). The van der Waals surface area contributed by atoms with Crippen LogP contribution in [0.5, 0.6) is 0 Å². The number of thiazole rings is 1. The van der Waals surface area contributed by atoms with E-state index >= 15 is 0 Å². The molecular formula is C31H29N5O5S2. The second-order valence-corrected chi connectivity index (χ2v) is 12.2. The highest BCUT2D eigenvalue weighted by Crippen LogP contribution is 2.37. The zero-order valence-corrected chi connectivity index (χ0v) is 25.3. The van der Waals surface area contributed by atoms with Crippen molar-refractivity contribution in [2.75, 3.05) is 44.7 Å². The summed E-state index contributed by atoms with van der Waals surface area (Å²) in [6, 6.07) is 17.2. The van der Waals surface area contributed by atoms with Crippen molar-refractivity contribution < 1.29 is 14.5 Å². The Hall–Kier alpha value is -4.39. The van der Waals surface area contributed by atoms with Crippen LogP contribution in [0, 0.1) is 10.1 Å². The van der Waals surface area contributed by atoms with E-state index in [1.165, 1.54) is 34.8 Å². The summed E-state index contributed by atoms with van der Waals surface area (Å²) in [5, 5.41) is 13.6. The summed E-state index contributed by atoms with van der Waals surface area (Å²) >= 11 is 2.65. The summed E-state index contributed by atoms with van der Waals surface area (Å²) < 4.78 is 7.42. The number of hydrogen-bond acceptors (Lipinski definition) is 10. The van der Waals surface area contributed by atoms with Crippen LogP contribution in [0.3, 0.4) is 0 Å². The first-order chi connectivity index (χ1) is 20.9. The molecule has 0 amide bonds. The maximum atomic E-state index is 14.2. The van der Waals surface area contributed by atoms with E-state index in [-0.39, 0.29) is 17.9 Å². The quantitative estimate of drug-likeness (QED) is 0.177. The molecule has 1 atom stereocenters. The van der Waals surface area contributed by atoms with Crippen LogP contribution in [0.1, 0.15) is 29.0 Å². The molecular weight excluding hydrogens is 587 g/mol. The molecule has 10 nitrogen and oxygen atoms in total. The van der Waals surface area contributed by atoms with Gasteiger partial charge in [-0.1, -0.05) is 47.7 Å². The SMILES string of the molecule is CCOC(=O)C1=C(c2ccccc2)N=c2sc(=Cc3cc([N+](=O)[O-])ccc3N3CCN(C)CC3)c(=O)n2[C@@H]1c1cccs1. The predicted molar refractivity (Wildman–Crippen MR) is 168 cm³/mol. The highest BCUT2D eigenvalue weighted by atomic mass is 32.1. The zero-order valence-electron chi connectivity index (χ0n) is 23.6. The number of benzene rings is 2. The van der Waals surface area contributed by atoms with Gasteiger partial charge in [0.05, 0.1) is 27.3 Å². The topological polar surface area (TPSA) is 110 Å². The van der Waals surface area contributed by atoms with Crippen molar-refractivity contribution in [2.45, 2.75) is 13.0 Å². The average Bonchev–Trinajstić information content (AvgIpc) is 3.66. The van der Waals surface area contributed by atoms with E-state index < -0.39 is 16.9 Å². The molecule has 4 aromatic rings. The van der Waals surface area contributed by atoms with Crippen LogP contribution < -0.4 is 19.8 Å². The fourth-order valence-corrected chi connectivity index (χ4v) is 7.22. The Labute approximate surface area is 255 Å². The van der Waals surface area contributed by atoms with Gasteiger partial charge >= 0.3 is 5.97 Å². The van der Waals surface area contributed by atoms with Gasteiger partial charge in [0.1, 0.15) is 6.04 Å². The van der Waals surface area contributed by atoms with Crippen LogP contribution >= 0.6 is 22.7 Å². The molecule has 1 saturated heterocycles. The van der Waals surface area contributed by atoms with Crippen molar-refractivity contribution in [3.05, 3.63) is 117 Å². The lowest BCUT2D eigenvalue weighted by atomic mass is 9.97. The van der Waals surface area contributed by atoms with Crippen LogP contribution in [0.25, 0.3) is 11.8 Å². The van der Waals surface area contributed by atoms with Gasteiger partial charge in [0.25, 0.3) is 11.2 Å². The Morgan fingerprint density at radius 2 is 1.88 bits per heavy atom. The Morgan fingerprint density at radius 1 is 1.12 bits per heavy atom. The number of nitrogens with zero attached hydrogens (tertiary/aromatic N) is 5.